The summed E-state index contributed by atoms with van der Waals surface area (Å²) in [6, 6.07) is -0.494. The van der Waals surface area contributed by atoms with Crippen LogP contribution in [-0.4, -0.2) is 61.9 Å². The monoisotopic (exact) mass is 260 g/mol. The molecular formula is C9H16N4O5. The number of nitrogens with zero attached hydrogens (tertiary/aromatic N) is 3. The van der Waals surface area contributed by atoms with Crippen LogP contribution in [0, 0.1) is 10.1 Å². The molecule has 0 aliphatic rings. The fourth-order valence-corrected chi connectivity index (χ4v) is 1.32. The van der Waals surface area contributed by atoms with E-state index in [0.717, 1.165) is 6.20 Å². The zero-order valence-corrected chi connectivity index (χ0v) is 9.64. The SMILES string of the molecule is O=[N+]([O-])c1cnn(CC(O)CNC(CO)CO)c1. The zero-order chi connectivity index (χ0) is 13.5. The molecule has 18 heavy (non-hydrogen) atoms. The number of nitro groups is 1. The minimum absolute atomic E-state index is 0.0877. The van der Waals surface area contributed by atoms with Crippen LogP contribution in [0.5, 0.6) is 0 Å². The molecule has 102 valence electrons. The van der Waals surface area contributed by atoms with Crippen molar-refractivity contribution in [2.75, 3.05) is 19.8 Å². The number of hydrogen-bond donors (Lipinski definition) is 4. The first-order valence-corrected chi connectivity index (χ1v) is 5.36. The second-order valence-corrected chi connectivity index (χ2v) is 3.80. The summed E-state index contributed by atoms with van der Waals surface area (Å²) in [6.07, 6.45) is 1.49. The van der Waals surface area contributed by atoms with Gasteiger partial charge in [0.25, 0.3) is 0 Å². The summed E-state index contributed by atoms with van der Waals surface area (Å²) >= 11 is 0. The maximum atomic E-state index is 10.4. The molecule has 1 unspecified atom stereocenters. The zero-order valence-electron chi connectivity index (χ0n) is 9.64. The molecule has 0 aromatic carbocycles. The first-order chi connectivity index (χ1) is 8.56. The molecule has 1 aromatic rings. The second-order valence-electron chi connectivity index (χ2n) is 3.80. The van der Waals surface area contributed by atoms with Crippen molar-refractivity contribution < 1.29 is 20.2 Å². The quantitative estimate of drug-likeness (QED) is 0.316. The largest absolute Gasteiger partial charge is 0.395 e. The van der Waals surface area contributed by atoms with Crippen LogP contribution in [0.1, 0.15) is 0 Å². The van der Waals surface area contributed by atoms with E-state index in [0.29, 0.717) is 0 Å². The van der Waals surface area contributed by atoms with E-state index in [1.807, 2.05) is 0 Å². The molecule has 9 nitrogen and oxygen atoms in total. The van der Waals surface area contributed by atoms with Crippen molar-refractivity contribution in [3.63, 3.8) is 0 Å². The molecule has 9 heteroatoms. The summed E-state index contributed by atoms with van der Waals surface area (Å²) in [5.74, 6) is 0. The van der Waals surface area contributed by atoms with Crippen molar-refractivity contribution >= 4 is 5.69 Å². The molecule has 0 fully saturated rings. The summed E-state index contributed by atoms with van der Waals surface area (Å²) < 4.78 is 1.26. The van der Waals surface area contributed by atoms with Crippen LogP contribution < -0.4 is 5.32 Å². The number of nitrogens with one attached hydrogen (secondary N) is 1. The van der Waals surface area contributed by atoms with Gasteiger partial charge in [-0.05, 0) is 0 Å². The average molecular weight is 260 g/mol. The van der Waals surface area contributed by atoms with Crippen LogP contribution >= 0.6 is 0 Å². The lowest BCUT2D eigenvalue weighted by molar-refractivity contribution is -0.385. The summed E-state index contributed by atoms with van der Waals surface area (Å²) in [6.45, 7) is -0.253. The van der Waals surface area contributed by atoms with E-state index in [1.165, 1.54) is 10.9 Å². The Morgan fingerprint density at radius 1 is 1.50 bits per heavy atom. The van der Waals surface area contributed by atoms with Gasteiger partial charge in [-0.1, -0.05) is 0 Å². The molecule has 1 heterocycles. The molecular weight excluding hydrogens is 244 g/mol. The van der Waals surface area contributed by atoms with Crippen molar-refractivity contribution in [1.29, 1.82) is 0 Å². The van der Waals surface area contributed by atoms with Crippen LogP contribution in [0.2, 0.25) is 0 Å². The smallest absolute Gasteiger partial charge is 0.306 e. The molecule has 0 saturated heterocycles. The summed E-state index contributed by atoms with van der Waals surface area (Å²) in [7, 11) is 0. The Balaban J connectivity index is 2.39. The number of aliphatic hydroxyl groups is 3. The van der Waals surface area contributed by atoms with Gasteiger partial charge in [0.2, 0.25) is 0 Å². The highest BCUT2D eigenvalue weighted by Crippen LogP contribution is 2.07. The minimum atomic E-state index is -0.829. The standard InChI is InChI=1S/C9H16N4O5/c14-5-7(6-15)10-2-9(16)4-12-3-8(1-11-12)13(17)18/h1,3,7,9-10,14-16H,2,4-6H2. The lowest BCUT2D eigenvalue weighted by Crippen LogP contribution is -2.41. The van der Waals surface area contributed by atoms with Gasteiger partial charge >= 0.3 is 5.69 Å². The van der Waals surface area contributed by atoms with Crippen molar-refractivity contribution in [1.82, 2.24) is 15.1 Å². The first kappa shape index (κ1) is 14.5. The first-order valence-electron chi connectivity index (χ1n) is 5.36. The molecule has 0 spiro atoms. The molecule has 4 N–H and O–H groups in total. The van der Waals surface area contributed by atoms with Crippen molar-refractivity contribution in [3.8, 4) is 0 Å². The maximum absolute atomic E-state index is 10.4. The van der Waals surface area contributed by atoms with E-state index in [-0.39, 0.29) is 32.0 Å². The molecule has 0 aliphatic carbocycles. The molecule has 0 bridgehead atoms. The van der Waals surface area contributed by atoms with E-state index >= 15 is 0 Å². The highest BCUT2D eigenvalue weighted by atomic mass is 16.6. The normalized spacial score (nSPS) is 12.9. The number of aliphatic hydroxyl groups excluding tert-OH is 3. The van der Waals surface area contributed by atoms with Crippen LogP contribution in [-0.2, 0) is 6.54 Å². The summed E-state index contributed by atoms with van der Waals surface area (Å²) in [4.78, 5) is 9.85. The maximum Gasteiger partial charge on any atom is 0.306 e. The van der Waals surface area contributed by atoms with E-state index in [2.05, 4.69) is 10.4 Å². The fourth-order valence-electron chi connectivity index (χ4n) is 1.32. The molecule has 0 amide bonds. The highest BCUT2D eigenvalue weighted by Gasteiger charge is 2.13. The minimum Gasteiger partial charge on any atom is -0.395 e. The van der Waals surface area contributed by atoms with Crippen LogP contribution in [0.25, 0.3) is 0 Å². The van der Waals surface area contributed by atoms with Crippen molar-refractivity contribution in [2.24, 2.45) is 0 Å². The van der Waals surface area contributed by atoms with E-state index in [9.17, 15) is 15.2 Å². The Kier molecular flexibility index (Phi) is 5.65. The Bertz CT molecular complexity index is 379. The van der Waals surface area contributed by atoms with E-state index in [4.69, 9.17) is 10.2 Å². The van der Waals surface area contributed by atoms with Gasteiger partial charge in [0, 0.05) is 6.54 Å². The van der Waals surface area contributed by atoms with E-state index in [1.54, 1.807) is 0 Å². The van der Waals surface area contributed by atoms with E-state index < -0.39 is 17.1 Å². The Morgan fingerprint density at radius 2 is 2.17 bits per heavy atom. The second kappa shape index (κ2) is 7.01. The van der Waals surface area contributed by atoms with Crippen LogP contribution in [0.15, 0.2) is 12.4 Å². The van der Waals surface area contributed by atoms with Gasteiger partial charge in [0.15, 0.2) is 0 Å². The van der Waals surface area contributed by atoms with Gasteiger partial charge < -0.3 is 20.6 Å². The lowest BCUT2D eigenvalue weighted by atomic mass is 10.3. The molecule has 0 aliphatic heterocycles. The molecule has 1 atom stereocenters. The average Bonchev–Trinajstić information content (AvgIpc) is 2.79. The molecule has 1 aromatic heterocycles. The Hall–Kier alpha value is -1.55. The highest BCUT2D eigenvalue weighted by molar-refractivity contribution is 5.20. The van der Waals surface area contributed by atoms with Crippen molar-refractivity contribution in [2.45, 2.75) is 18.7 Å². The topological polar surface area (TPSA) is 134 Å². The van der Waals surface area contributed by atoms with Gasteiger partial charge in [-0.25, -0.2) is 0 Å². The Morgan fingerprint density at radius 3 is 2.67 bits per heavy atom. The fraction of sp³-hybridized carbons (Fsp3) is 0.667. The predicted molar refractivity (Wildman–Crippen MR) is 60.9 cm³/mol. The molecule has 1 rings (SSSR count). The molecule has 0 saturated carbocycles. The van der Waals surface area contributed by atoms with Gasteiger partial charge in [-0.2, -0.15) is 5.10 Å². The predicted octanol–water partition coefficient (Wildman–Crippen LogP) is -1.90. The van der Waals surface area contributed by atoms with Gasteiger partial charge in [-0.3, -0.25) is 14.8 Å². The molecule has 0 radical (unpaired) electrons. The number of rotatable bonds is 8. The third kappa shape index (κ3) is 4.37. The van der Waals surface area contributed by atoms with Gasteiger partial charge in [-0.15, -0.1) is 0 Å². The van der Waals surface area contributed by atoms with Gasteiger partial charge in [0.1, 0.15) is 12.4 Å². The summed E-state index contributed by atoms with van der Waals surface area (Å²) in [5, 5.41) is 44.1. The third-order valence-corrected chi connectivity index (χ3v) is 2.31. The lowest BCUT2D eigenvalue weighted by Gasteiger charge is -2.16. The number of hydrogen-bond acceptors (Lipinski definition) is 7. The van der Waals surface area contributed by atoms with Gasteiger partial charge in [0.05, 0.1) is 36.8 Å². The Labute approximate surface area is 103 Å². The number of aromatic nitrogens is 2. The van der Waals surface area contributed by atoms with Crippen molar-refractivity contribution in [3.05, 3.63) is 22.5 Å². The van der Waals surface area contributed by atoms with Crippen LogP contribution in [0.3, 0.4) is 0 Å². The summed E-state index contributed by atoms with van der Waals surface area (Å²) in [5.41, 5.74) is -0.140. The van der Waals surface area contributed by atoms with Crippen LogP contribution in [0.4, 0.5) is 5.69 Å². The third-order valence-electron chi connectivity index (χ3n) is 2.31.